The van der Waals surface area contributed by atoms with Crippen LogP contribution in [-0.2, 0) is 4.79 Å². The third kappa shape index (κ3) is 3.42. The normalized spacial score (nSPS) is 15.0. The van der Waals surface area contributed by atoms with Crippen LogP contribution in [0.25, 0.3) is 6.08 Å². The lowest BCUT2D eigenvalue weighted by Crippen LogP contribution is -2.21. The third-order valence-corrected chi connectivity index (χ3v) is 3.85. The fraction of sp³-hybridized carbons (Fsp3) is 0.150. The van der Waals surface area contributed by atoms with E-state index in [-0.39, 0.29) is 12.5 Å². The van der Waals surface area contributed by atoms with Gasteiger partial charge in [-0.25, -0.2) is 0 Å². The van der Waals surface area contributed by atoms with E-state index >= 15 is 0 Å². The number of hydrazone groups is 1. The Kier molecular flexibility index (Phi) is 4.99. The monoisotopic (exact) mass is 347 g/mol. The Balaban J connectivity index is 1.89. The summed E-state index contributed by atoms with van der Waals surface area (Å²) < 4.78 is 10.6. The van der Waals surface area contributed by atoms with Crippen molar-refractivity contribution in [2.45, 2.75) is 6.92 Å². The molecule has 6 nitrogen and oxygen atoms in total. The van der Waals surface area contributed by atoms with Crippen LogP contribution in [-0.4, -0.2) is 25.3 Å². The Morgan fingerprint density at radius 3 is 2.65 bits per heavy atom. The molecule has 0 N–H and O–H groups in total. The first-order valence-corrected chi connectivity index (χ1v) is 7.98. The summed E-state index contributed by atoms with van der Waals surface area (Å²) in [7, 11) is 1.52. The quantitative estimate of drug-likeness (QED) is 0.777. The van der Waals surface area contributed by atoms with Crippen LogP contribution >= 0.6 is 0 Å². The molecule has 0 aliphatic carbocycles. The molecule has 0 aromatic heterocycles. The number of anilines is 1. The van der Waals surface area contributed by atoms with E-state index in [0.717, 1.165) is 11.3 Å². The molecular weight excluding hydrogens is 330 g/mol. The number of nitrogens with zero attached hydrogens (tertiary/aromatic N) is 3. The third-order valence-electron chi connectivity index (χ3n) is 3.85. The van der Waals surface area contributed by atoms with Crippen LogP contribution in [0.15, 0.2) is 59.2 Å². The summed E-state index contributed by atoms with van der Waals surface area (Å²) in [6.07, 6.45) is 1.76. The Morgan fingerprint density at radius 2 is 1.96 bits per heavy atom. The van der Waals surface area contributed by atoms with Crippen LogP contribution in [0.4, 0.5) is 5.69 Å². The number of carbonyl (C=O) groups excluding carboxylic acids is 1. The molecule has 2 aromatic carbocycles. The SMILES string of the molecule is COc1cc(/C=C2\C(=O)N(c3ccccc3)N=C2C)ccc1OCC#N. The van der Waals surface area contributed by atoms with Crippen molar-refractivity contribution in [3.63, 3.8) is 0 Å². The molecule has 1 amide bonds. The minimum atomic E-state index is -0.183. The van der Waals surface area contributed by atoms with Gasteiger partial charge in [-0.3, -0.25) is 4.79 Å². The van der Waals surface area contributed by atoms with Crippen molar-refractivity contribution in [3.8, 4) is 17.6 Å². The predicted molar refractivity (Wildman–Crippen MR) is 99.1 cm³/mol. The van der Waals surface area contributed by atoms with Crippen molar-refractivity contribution >= 4 is 23.4 Å². The van der Waals surface area contributed by atoms with Crippen LogP contribution < -0.4 is 14.5 Å². The maximum atomic E-state index is 12.7. The molecule has 0 saturated heterocycles. The topological polar surface area (TPSA) is 74.9 Å². The summed E-state index contributed by atoms with van der Waals surface area (Å²) in [4.78, 5) is 12.7. The maximum absolute atomic E-state index is 12.7. The van der Waals surface area contributed by atoms with Crippen molar-refractivity contribution in [1.29, 1.82) is 5.26 Å². The molecule has 6 heteroatoms. The van der Waals surface area contributed by atoms with E-state index < -0.39 is 0 Å². The van der Waals surface area contributed by atoms with Gasteiger partial charge in [-0.05, 0) is 42.8 Å². The Morgan fingerprint density at radius 1 is 1.19 bits per heavy atom. The van der Waals surface area contributed by atoms with Crippen LogP contribution in [0.2, 0.25) is 0 Å². The fourth-order valence-corrected chi connectivity index (χ4v) is 2.60. The number of hydrogen-bond donors (Lipinski definition) is 0. The lowest BCUT2D eigenvalue weighted by atomic mass is 10.1. The molecule has 1 aliphatic heterocycles. The number of rotatable bonds is 5. The smallest absolute Gasteiger partial charge is 0.280 e. The van der Waals surface area contributed by atoms with Gasteiger partial charge in [-0.1, -0.05) is 24.3 Å². The van der Waals surface area contributed by atoms with Crippen molar-refractivity contribution in [2.24, 2.45) is 5.10 Å². The van der Waals surface area contributed by atoms with Crippen molar-refractivity contribution in [1.82, 2.24) is 0 Å². The molecule has 0 saturated carbocycles. The highest BCUT2D eigenvalue weighted by atomic mass is 16.5. The van der Waals surface area contributed by atoms with E-state index in [4.69, 9.17) is 14.7 Å². The molecule has 1 heterocycles. The molecule has 1 aliphatic rings. The van der Waals surface area contributed by atoms with Gasteiger partial charge in [0.2, 0.25) is 0 Å². The first-order valence-electron chi connectivity index (χ1n) is 7.98. The van der Waals surface area contributed by atoms with Gasteiger partial charge in [0.1, 0.15) is 6.07 Å². The van der Waals surface area contributed by atoms with Gasteiger partial charge in [0.15, 0.2) is 18.1 Å². The Bertz CT molecular complexity index is 927. The summed E-state index contributed by atoms with van der Waals surface area (Å²) in [5.74, 6) is 0.789. The highest BCUT2D eigenvalue weighted by molar-refractivity contribution is 6.32. The van der Waals surface area contributed by atoms with Gasteiger partial charge in [-0.15, -0.1) is 0 Å². The summed E-state index contributed by atoms with van der Waals surface area (Å²) in [6.45, 7) is 1.74. The van der Waals surface area contributed by atoms with Crippen LogP contribution in [0, 0.1) is 11.3 Å². The van der Waals surface area contributed by atoms with E-state index in [1.807, 2.05) is 36.4 Å². The van der Waals surface area contributed by atoms with Crippen molar-refractivity contribution in [2.75, 3.05) is 18.7 Å². The Labute approximate surface area is 151 Å². The molecule has 0 spiro atoms. The first-order chi connectivity index (χ1) is 12.6. The number of para-hydroxylation sites is 1. The minimum absolute atomic E-state index is 0.0624. The molecule has 26 heavy (non-hydrogen) atoms. The standard InChI is InChI=1S/C20H17N3O3/c1-14-17(20(24)23(22-14)16-6-4-3-5-7-16)12-15-8-9-18(26-11-10-21)19(13-15)25-2/h3-9,12-13H,11H2,1-2H3/b17-12-. The molecule has 0 unspecified atom stereocenters. The molecular formula is C20H17N3O3. The summed E-state index contributed by atoms with van der Waals surface area (Å²) in [6, 6.07) is 16.5. The van der Waals surface area contributed by atoms with Gasteiger partial charge < -0.3 is 9.47 Å². The minimum Gasteiger partial charge on any atom is -0.493 e. The average Bonchev–Trinajstić information content (AvgIpc) is 2.95. The second-order valence-corrected chi connectivity index (χ2v) is 5.55. The lowest BCUT2D eigenvalue weighted by Gasteiger charge is -2.11. The predicted octanol–water partition coefficient (Wildman–Crippen LogP) is 3.40. The van der Waals surface area contributed by atoms with E-state index in [9.17, 15) is 4.79 Å². The van der Waals surface area contributed by atoms with Gasteiger partial charge in [0.25, 0.3) is 5.91 Å². The highest BCUT2D eigenvalue weighted by Crippen LogP contribution is 2.30. The van der Waals surface area contributed by atoms with E-state index in [0.29, 0.717) is 22.8 Å². The van der Waals surface area contributed by atoms with Crippen LogP contribution in [0.3, 0.4) is 0 Å². The zero-order valence-corrected chi connectivity index (χ0v) is 14.5. The number of methoxy groups -OCH3 is 1. The zero-order chi connectivity index (χ0) is 18.5. The second kappa shape index (κ2) is 7.53. The highest BCUT2D eigenvalue weighted by Gasteiger charge is 2.28. The molecule has 0 radical (unpaired) electrons. The lowest BCUT2D eigenvalue weighted by molar-refractivity contribution is -0.114. The Hall–Kier alpha value is -3.59. The molecule has 0 atom stereocenters. The van der Waals surface area contributed by atoms with E-state index in [2.05, 4.69) is 5.10 Å². The van der Waals surface area contributed by atoms with Gasteiger partial charge >= 0.3 is 0 Å². The van der Waals surface area contributed by atoms with Gasteiger partial charge in [0, 0.05) is 0 Å². The van der Waals surface area contributed by atoms with Gasteiger partial charge in [0.05, 0.1) is 24.1 Å². The van der Waals surface area contributed by atoms with Gasteiger partial charge in [-0.2, -0.15) is 15.4 Å². The number of carbonyl (C=O) groups is 1. The molecule has 0 fully saturated rings. The number of amides is 1. The second-order valence-electron chi connectivity index (χ2n) is 5.55. The van der Waals surface area contributed by atoms with Crippen molar-refractivity contribution < 1.29 is 14.3 Å². The number of nitriles is 1. The molecule has 0 bridgehead atoms. The number of benzene rings is 2. The first kappa shape index (κ1) is 17.2. The maximum Gasteiger partial charge on any atom is 0.280 e. The molecule has 130 valence electrons. The summed E-state index contributed by atoms with van der Waals surface area (Å²) >= 11 is 0. The van der Waals surface area contributed by atoms with Crippen LogP contribution in [0.5, 0.6) is 11.5 Å². The fourth-order valence-electron chi connectivity index (χ4n) is 2.60. The average molecular weight is 347 g/mol. The largest absolute Gasteiger partial charge is 0.493 e. The van der Waals surface area contributed by atoms with Crippen molar-refractivity contribution in [3.05, 3.63) is 59.7 Å². The number of ether oxygens (including phenoxy) is 2. The van der Waals surface area contributed by atoms with Crippen LogP contribution in [0.1, 0.15) is 12.5 Å². The molecule has 2 aromatic rings. The van der Waals surface area contributed by atoms with E-state index in [1.54, 1.807) is 31.2 Å². The number of hydrogen-bond acceptors (Lipinski definition) is 5. The summed E-state index contributed by atoms with van der Waals surface area (Å²) in [5, 5.41) is 14.4. The zero-order valence-electron chi connectivity index (χ0n) is 14.5. The molecule has 3 rings (SSSR count). The van der Waals surface area contributed by atoms with E-state index in [1.165, 1.54) is 12.1 Å². The summed E-state index contributed by atoms with van der Waals surface area (Å²) in [5.41, 5.74) is 2.65.